The number of rotatable bonds is 5. The molecular formula is C10H16F3N3O. The zero-order chi connectivity index (χ0) is 13.1. The SMILES string of the molecule is CCCCC(N)(CC)c1noc(C(F)(F)F)n1. The van der Waals surface area contributed by atoms with Crippen LogP contribution in [0.3, 0.4) is 0 Å². The summed E-state index contributed by atoms with van der Waals surface area (Å²) in [6, 6.07) is 0. The predicted molar refractivity (Wildman–Crippen MR) is 55.0 cm³/mol. The van der Waals surface area contributed by atoms with Crippen LogP contribution in [0.5, 0.6) is 0 Å². The lowest BCUT2D eigenvalue weighted by Gasteiger charge is -2.23. The molecule has 0 saturated carbocycles. The van der Waals surface area contributed by atoms with Gasteiger partial charge in [-0.2, -0.15) is 18.2 Å². The maximum atomic E-state index is 12.3. The first-order valence-corrected chi connectivity index (χ1v) is 5.53. The molecule has 1 atom stereocenters. The van der Waals surface area contributed by atoms with E-state index in [1.807, 2.05) is 6.92 Å². The van der Waals surface area contributed by atoms with Gasteiger partial charge in [0.1, 0.15) is 0 Å². The van der Waals surface area contributed by atoms with Crippen LogP contribution in [0.2, 0.25) is 0 Å². The molecule has 0 radical (unpaired) electrons. The van der Waals surface area contributed by atoms with Crippen molar-refractivity contribution in [2.75, 3.05) is 0 Å². The normalized spacial score (nSPS) is 15.9. The summed E-state index contributed by atoms with van der Waals surface area (Å²) >= 11 is 0. The monoisotopic (exact) mass is 251 g/mol. The zero-order valence-corrected chi connectivity index (χ0v) is 9.84. The summed E-state index contributed by atoms with van der Waals surface area (Å²) in [6.45, 7) is 3.77. The van der Waals surface area contributed by atoms with E-state index >= 15 is 0 Å². The van der Waals surface area contributed by atoms with E-state index in [1.165, 1.54) is 0 Å². The largest absolute Gasteiger partial charge is 0.471 e. The Hall–Kier alpha value is -1.11. The van der Waals surface area contributed by atoms with Crippen LogP contribution >= 0.6 is 0 Å². The fourth-order valence-electron chi connectivity index (χ4n) is 1.48. The summed E-state index contributed by atoms with van der Waals surface area (Å²) in [5.74, 6) is -1.41. The lowest BCUT2D eigenvalue weighted by molar-refractivity contribution is -0.159. The topological polar surface area (TPSA) is 64.9 Å². The van der Waals surface area contributed by atoms with E-state index in [0.717, 1.165) is 12.8 Å². The van der Waals surface area contributed by atoms with Crippen LogP contribution in [-0.2, 0) is 11.7 Å². The van der Waals surface area contributed by atoms with Crippen LogP contribution < -0.4 is 5.73 Å². The van der Waals surface area contributed by atoms with Crippen molar-refractivity contribution >= 4 is 0 Å². The van der Waals surface area contributed by atoms with E-state index < -0.39 is 17.6 Å². The van der Waals surface area contributed by atoms with Gasteiger partial charge in [0.15, 0.2) is 5.82 Å². The first kappa shape index (κ1) is 14.0. The van der Waals surface area contributed by atoms with E-state index in [4.69, 9.17) is 5.73 Å². The Morgan fingerprint density at radius 3 is 2.35 bits per heavy atom. The van der Waals surface area contributed by atoms with Crippen molar-refractivity contribution in [1.29, 1.82) is 0 Å². The summed E-state index contributed by atoms with van der Waals surface area (Å²) in [4.78, 5) is 3.35. The summed E-state index contributed by atoms with van der Waals surface area (Å²) in [5.41, 5.74) is 5.07. The molecule has 17 heavy (non-hydrogen) atoms. The van der Waals surface area contributed by atoms with Crippen LogP contribution in [0.4, 0.5) is 13.2 Å². The second-order valence-electron chi connectivity index (χ2n) is 4.03. The summed E-state index contributed by atoms with van der Waals surface area (Å²) < 4.78 is 41.1. The second kappa shape index (κ2) is 5.03. The molecule has 0 aliphatic carbocycles. The van der Waals surface area contributed by atoms with E-state index in [9.17, 15) is 13.2 Å². The Labute approximate surface area is 97.4 Å². The third-order valence-electron chi connectivity index (χ3n) is 2.72. The first-order valence-electron chi connectivity index (χ1n) is 5.53. The van der Waals surface area contributed by atoms with E-state index in [2.05, 4.69) is 14.7 Å². The molecule has 1 rings (SSSR count). The Morgan fingerprint density at radius 1 is 1.29 bits per heavy atom. The number of nitrogens with zero attached hydrogens (tertiary/aromatic N) is 2. The molecule has 0 amide bonds. The minimum Gasteiger partial charge on any atom is -0.329 e. The Morgan fingerprint density at radius 2 is 1.94 bits per heavy atom. The van der Waals surface area contributed by atoms with Gasteiger partial charge in [-0.25, -0.2) is 0 Å². The minimum absolute atomic E-state index is 0.0687. The third kappa shape index (κ3) is 3.18. The number of hydrogen-bond donors (Lipinski definition) is 1. The highest BCUT2D eigenvalue weighted by Crippen LogP contribution is 2.31. The second-order valence-corrected chi connectivity index (χ2v) is 4.03. The van der Waals surface area contributed by atoms with Gasteiger partial charge >= 0.3 is 12.1 Å². The lowest BCUT2D eigenvalue weighted by Crippen LogP contribution is -2.37. The molecule has 1 unspecified atom stereocenters. The molecule has 0 spiro atoms. The minimum atomic E-state index is -4.62. The number of halogens is 3. The highest BCUT2D eigenvalue weighted by molar-refractivity contribution is 5.04. The highest BCUT2D eigenvalue weighted by Gasteiger charge is 2.41. The Kier molecular flexibility index (Phi) is 4.13. The van der Waals surface area contributed by atoms with Gasteiger partial charge < -0.3 is 10.3 Å². The van der Waals surface area contributed by atoms with Crippen LogP contribution in [-0.4, -0.2) is 10.1 Å². The van der Waals surface area contributed by atoms with Crippen molar-refractivity contribution in [3.05, 3.63) is 11.7 Å². The summed E-state index contributed by atoms with van der Waals surface area (Å²) in [5, 5.41) is 3.35. The van der Waals surface area contributed by atoms with Gasteiger partial charge in [0, 0.05) is 0 Å². The van der Waals surface area contributed by atoms with Gasteiger partial charge in [0.05, 0.1) is 5.54 Å². The molecule has 0 bridgehead atoms. The van der Waals surface area contributed by atoms with Gasteiger partial charge in [-0.15, -0.1) is 0 Å². The van der Waals surface area contributed by atoms with Gasteiger partial charge in [0.2, 0.25) is 0 Å². The van der Waals surface area contributed by atoms with E-state index in [1.54, 1.807) is 6.92 Å². The number of hydrogen-bond acceptors (Lipinski definition) is 4. The average Bonchev–Trinajstić information content (AvgIpc) is 2.75. The van der Waals surface area contributed by atoms with Crippen LogP contribution in [0.1, 0.15) is 51.2 Å². The van der Waals surface area contributed by atoms with E-state index in [0.29, 0.717) is 12.8 Å². The fourth-order valence-corrected chi connectivity index (χ4v) is 1.48. The molecule has 98 valence electrons. The predicted octanol–water partition coefficient (Wildman–Crippen LogP) is 2.84. The number of alkyl halides is 3. The maximum Gasteiger partial charge on any atom is 0.471 e. The molecule has 1 aromatic heterocycles. The molecule has 2 N–H and O–H groups in total. The van der Waals surface area contributed by atoms with Crippen molar-refractivity contribution < 1.29 is 17.7 Å². The van der Waals surface area contributed by atoms with E-state index in [-0.39, 0.29) is 5.82 Å². The fraction of sp³-hybridized carbons (Fsp3) is 0.800. The molecular weight excluding hydrogens is 235 g/mol. The van der Waals surface area contributed by atoms with Gasteiger partial charge in [-0.05, 0) is 12.8 Å². The zero-order valence-electron chi connectivity index (χ0n) is 9.84. The Bertz CT molecular complexity index is 364. The first-order chi connectivity index (χ1) is 7.83. The van der Waals surface area contributed by atoms with Crippen molar-refractivity contribution in [1.82, 2.24) is 10.1 Å². The maximum absolute atomic E-state index is 12.3. The molecule has 0 aliphatic heterocycles. The molecule has 1 heterocycles. The smallest absolute Gasteiger partial charge is 0.329 e. The highest BCUT2D eigenvalue weighted by atomic mass is 19.4. The molecule has 7 heteroatoms. The van der Waals surface area contributed by atoms with Crippen molar-refractivity contribution in [3.63, 3.8) is 0 Å². The van der Waals surface area contributed by atoms with Crippen LogP contribution in [0.15, 0.2) is 4.52 Å². The van der Waals surface area contributed by atoms with Crippen molar-refractivity contribution in [3.8, 4) is 0 Å². The summed E-state index contributed by atoms with van der Waals surface area (Å²) in [7, 11) is 0. The number of nitrogens with two attached hydrogens (primary N) is 1. The molecule has 0 fully saturated rings. The molecule has 0 aliphatic rings. The van der Waals surface area contributed by atoms with Gasteiger partial charge in [-0.1, -0.05) is 31.8 Å². The molecule has 4 nitrogen and oxygen atoms in total. The van der Waals surface area contributed by atoms with Gasteiger partial charge in [-0.3, -0.25) is 0 Å². The van der Waals surface area contributed by atoms with Crippen LogP contribution in [0, 0.1) is 0 Å². The average molecular weight is 251 g/mol. The van der Waals surface area contributed by atoms with Crippen LogP contribution in [0.25, 0.3) is 0 Å². The lowest BCUT2D eigenvalue weighted by atomic mass is 9.90. The number of aromatic nitrogens is 2. The molecule has 1 aromatic rings. The Balaban J connectivity index is 2.93. The van der Waals surface area contributed by atoms with Crippen molar-refractivity contribution in [2.24, 2.45) is 5.73 Å². The standard InChI is InChI=1S/C10H16F3N3O/c1-3-5-6-9(14,4-2)7-15-8(17-16-7)10(11,12)13/h3-6,14H2,1-2H3. The van der Waals surface area contributed by atoms with Crippen molar-refractivity contribution in [2.45, 2.75) is 51.2 Å². The third-order valence-corrected chi connectivity index (χ3v) is 2.72. The van der Waals surface area contributed by atoms with Gasteiger partial charge in [0.25, 0.3) is 0 Å². The molecule has 0 aromatic carbocycles. The summed E-state index contributed by atoms with van der Waals surface area (Å²) in [6.07, 6.45) is -1.91. The quantitative estimate of drug-likeness (QED) is 0.873. The number of unbranched alkanes of at least 4 members (excludes halogenated alkanes) is 1. The molecule has 0 saturated heterocycles.